The number of aryl methyl sites for hydroxylation is 1. The van der Waals surface area contributed by atoms with Gasteiger partial charge in [0, 0.05) is 38.3 Å². The summed E-state index contributed by atoms with van der Waals surface area (Å²) in [5.41, 5.74) is 4.66. The Kier molecular flexibility index (Phi) is 6.28. The van der Waals surface area contributed by atoms with E-state index >= 15 is 0 Å². The Morgan fingerprint density at radius 3 is 2.57 bits per heavy atom. The molecular weight excluding hydrogens is 399 g/mol. The molecule has 4 N–H and O–H groups in total. The normalized spacial score (nSPS) is 15.2. The molecule has 2 aromatic rings. The van der Waals surface area contributed by atoms with Gasteiger partial charge in [-0.3, -0.25) is 4.79 Å². The molecule has 1 aliphatic rings. The molecule has 1 aliphatic heterocycles. The van der Waals surface area contributed by atoms with Crippen LogP contribution in [0.25, 0.3) is 0 Å². The van der Waals surface area contributed by atoms with Crippen LogP contribution in [0.1, 0.15) is 29.8 Å². The van der Waals surface area contributed by atoms with E-state index in [1.165, 1.54) is 12.1 Å². The highest BCUT2D eigenvalue weighted by Gasteiger charge is 2.34. The van der Waals surface area contributed by atoms with Crippen LogP contribution in [0.5, 0.6) is 0 Å². The maximum absolute atomic E-state index is 13.2. The van der Waals surface area contributed by atoms with Gasteiger partial charge in [0.05, 0.1) is 5.56 Å². The summed E-state index contributed by atoms with van der Waals surface area (Å²) in [6.45, 7) is 2.71. The molecular formula is C19H24F3N7O. The molecule has 3 rings (SSSR count). The Hall–Kier alpha value is -3.11. The van der Waals surface area contributed by atoms with Crippen molar-refractivity contribution in [2.75, 3.05) is 36.1 Å². The second-order valence-corrected chi connectivity index (χ2v) is 7.15. The lowest BCUT2D eigenvalue weighted by Gasteiger charge is -2.31. The largest absolute Gasteiger partial charge is 0.416 e. The van der Waals surface area contributed by atoms with Crippen molar-refractivity contribution in [1.29, 1.82) is 0 Å². The monoisotopic (exact) mass is 423 g/mol. The van der Waals surface area contributed by atoms with Gasteiger partial charge in [0.25, 0.3) is 0 Å². The van der Waals surface area contributed by atoms with E-state index in [4.69, 9.17) is 5.73 Å². The summed E-state index contributed by atoms with van der Waals surface area (Å²) in [5.74, 6) is 1.07. The van der Waals surface area contributed by atoms with Crippen LogP contribution < -0.4 is 21.3 Å². The summed E-state index contributed by atoms with van der Waals surface area (Å²) >= 11 is 0. The van der Waals surface area contributed by atoms with Crippen LogP contribution in [0.15, 0.2) is 18.2 Å². The summed E-state index contributed by atoms with van der Waals surface area (Å²) < 4.78 is 39.6. The molecule has 1 amide bonds. The van der Waals surface area contributed by atoms with E-state index in [-0.39, 0.29) is 29.6 Å². The number of halogens is 3. The van der Waals surface area contributed by atoms with Crippen LogP contribution in [-0.4, -0.2) is 41.0 Å². The van der Waals surface area contributed by atoms with Crippen molar-refractivity contribution in [3.8, 4) is 0 Å². The molecule has 11 heteroatoms. The topological polar surface area (TPSA) is 109 Å². The first kappa shape index (κ1) is 21.6. The molecule has 1 aromatic carbocycles. The molecule has 0 radical (unpaired) electrons. The van der Waals surface area contributed by atoms with Crippen molar-refractivity contribution in [2.45, 2.75) is 32.5 Å². The number of rotatable bonds is 5. The zero-order valence-corrected chi connectivity index (χ0v) is 16.8. The molecule has 0 spiro atoms. The second kappa shape index (κ2) is 8.72. The van der Waals surface area contributed by atoms with Crippen molar-refractivity contribution in [1.82, 2.24) is 20.3 Å². The first-order valence-corrected chi connectivity index (χ1v) is 9.56. The highest BCUT2D eigenvalue weighted by atomic mass is 19.4. The van der Waals surface area contributed by atoms with E-state index in [0.717, 1.165) is 6.07 Å². The van der Waals surface area contributed by atoms with Crippen molar-refractivity contribution < 1.29 is 18.0 Å². The van der Waals surface area contributed by atoms with E-state index in [1.807, 2.05) is 4.90 Å². The Morgan fingerprint density at radius 1 is 1.23 bits per heavy atom. The molecule has 162 valence electrons. The van der Waals surface area contributed by atoms with Crippen molar-refractivity contribution in [3.63, 3.8) is 0 Å². The zero-order chi connectivity index (χ0) is 21.9. The number of carbonyl (C=O) groups excluding carboxylic acids is 1. The van der Waals surface area contributed by atoms with E-state index in [1.54, 1.807) is 14.0 Å². The van der Waals surface area contributed by atoms with Crippen LogP contribution in [0.3, 0.4) is 0 Å². The molecule has 0 atom stereocenters. The highest BCUT2D eigenvalue weighted by Crippen LogP contribution is 2.33. The summed E-state index contributed by atoms with van der Waals surface area (Å²) in [4.78, 5) is 27.3. The standard InChI is InChI=1S/C19H24F3N7O/c1-11-26-17(24-2)28-18(27-11)29-7-5-12(6-8-29)16(30)25-10-13-3-4-14(23)9-15(13)19(20,21)22/h3-4,9,12H,5-8,10,23H2,1-2H3,(H,25,30)(H,24,26,27,28). The van der Waals surface area contributed by atoms with Gasteiger partial charge in [-0.05, 0) is 37.5 Å². The highest BCUT2D eigenvalue weighted by molar-refractivity contribution is 5.79. The average Bonchev–Trinajstić information content (AvgIpc) is 2.71. The number of carbonyl (C=O) groups is 1. The molecule has 0 bridgehead atoms. The summed E-state index contributed by atoms with van der Waals surface area (Å²) in [6.07, 6.45) is -3.42. The van der Waals surface area contributed by atoms with Gasteiger partial charge in [0.2, 0.25) is 17.8 Å². The molecule has 0 aliphatic carbocycles. The maximum Gasteiger partial charge on any atom is 0.416 e. The van der Waals surface area contributed by atoms with Crippen LogP contribution in [0.2, 0.25) is 0 Å². The summed E-state index contributed by atoms with van der Waals surface area (Å²) in [5, 5.41) is 5.52. The first-order valence-electron chi connectivity index (χ1n) is 9.56. The lowest BCUT2D eigenvalue weighted by Crippen LogP contribution is -2.41. The number of hydrogen-bond acceptors (Lipinski definition) is 7. The minimum atomic E-state index is -4.53. The third-order valence-corrected chi connectivity index (χ3v) is 5.00. The van der Waals surface area contributed by atoms with Crippen molar-refractivity contribution in [3.05, 3.63) is 35.2 Å². The number of piperidine rings is 1. The number of amides is 1. The number of nitrogen functional groups attached to an aromatic ring is 1. The summed E-state index contributed by atoms with van der Waals surface area (Å²) in [7, 11) is 1.72. The van der Waals surface area contributed by atoms with Gasteiger partial charge in [-0.15, -0.1) is 0 Å². The summed E-state index contributed by atoms with van der Waals surface area (Å²) in [6, 6.07) is 3.57. The number of benzene rings is 1. The van der Waals surface area contributed by atoms with Gasteiger partial charge >= 0.3 is 6.18 Å². The lowest BCUT2D eigenvalue weighted by atomic mass is 9.96. The van der Waals surface area contributed by atoms with Crippen molar-refractivity contribution >= 4 is 23.5 Å². The van der Waals surface area contributed by atoms with E-state index in [9.17, 15) is 18.0 Å². The molecule has 1 fully saturated rings. The van der Waals surface area contributed by atoms with Crippen LogP contribution in [0.4, 0.5) is 30.8 Å². The Labute approximate surface area is 172 Å². The van der Waals surface area contributed by atoms with E-state index < -0.39 is 11.7 Å². The van der Waals surface area contributed by atoms with Crippen LogP contribution in [-0.2, 0) is 17.5 Å². The molecule has 1 aromatic heterocycles. The Balaban J connectivity index is 1.58. The van der Waals surface area contributed by atoms with Crippen LogP contribution in [0, 0.1) is 12.8 Å². The SMILES string of the molecule is CNc1nc(C)nc(N2CCC(C(=O)NCc3ccc(N)cc3C(F)(F)F)CC2)n1. The minimum absolute atomic E-state index is 0.0114. The zero-order valence-electron chi connectivity index (χ0n) is 16.8. The van der Waals surface area contributed by atoms with Gasteiger partial charge in [-0.25, -0.2) is 0 Å². The quantitative estimate of drug-likeness (QED) is 0.634. The molecule has 0 saturated carbocycles. The fraction of sp³-hybridized carbons (Fsp3) is 0.474. The smallest absolute Gasteiger partial charge is 0.399 e. The molecule has 0 unspecified atom stereocenters. The molecule has 2 heterocycles. The van der Waals surface area contributed by atoms with Gasteiger partial charge in [0.1, 0.15) is 5.82 Å². The predicted octanol–water partition coefficient (Wildman–Crippen LogP) is 2.36. The van der Waals surface area contributed by atoms with E-state index in [2.05, 4.69) is 25.6 Å². The van der Waals surface area contributed by atoms with Crippen molar-refractivity contribution in [2.24, 2.45) is 5.92 Å². The second-order valence-electron chi connectivity index (χ2n) is 7.15. The molecule has 8 nitrogen and oxygen atoms in total. The van der Waals surface area contributed by atoms with Gasteiger partial charge < -0.3 is 21.3 Å². The number of nitrogens with two attached hydrogens (primary N) is 1. The minimum Gasteiger partial charge on any atom is -0.399 e. The molecule has 1 saturated heterocycles. The third kappa shape index (κ3) is 5.08. The van der Waals surface area contributed by atoms with Crippen LogP contribution >= 0.6 is 0 Å². The predicted molar refractivity (Wildman–Crippen MR) is 107 cm³/mol. The van der Waals surface area contributed by atoms with Gasteiger partial charge in [-0.1, -0.05) is 6.07 Å². The van der Waals surface area contributed by atoms with Gasteiger partial charge in [0.15, 0.2) is 0 Å². The Bertz CT molecular complexity index is 911. The maximum atomic E-state index is 13.2. The Morgan fingerprint density at radius 2 is 1.93 bits per heavy atom. The average molecular weight is 423 g/mol. The number of anilines is 3. The third-order valence-electron chi connectivity index (χ3n) is 5.00. The molecule has 30 heavy (non-hydrogen) atoms. The number of alkyl halides is 3. The fourth-order valence-corrected chi connectivity index (χ4v) is 3.40. The lowest BCUT2D eigenvalue weighted by molar-refractivity contribution is -0.138. The number of aromatic nitrogens is 3. The van der Waals surface area contributed by atoms with Gasteiger partial charge in [-0.2, -0.15) is 28.1 Å². The van der Waals surface area contributed by atoms with E-state index in [0.29, 0.717) is 43.7 Å². The number of hydrogen-bond donors (Lipinski definition) is 3. The fourth-order valence-electron chi connectivity index (χ4n) is 3.40. The number of nitrogens with zero attached hydrogens (tertiary/aromatic N) is 4. The number of nitrogens with one attached hydrogen (secondary N) is 2. The first-order chi connectivity index (χ1) is 14.2.